The number of benzene rings is 1. The van der Waals surface area contributed by atoms with Crippen LogP contribution in [0.15, 0.2) is 52.7 Å². The molecule has 2 aliphatic heterocycles. The number of aromatic carboxylic acids is 1. The third kappa shape index (κ3) is 3.94. The van der Waals surface area contributed by atoms with Gasteiger partial charge in [0.2, 0.25) is 11.9 Å². The minimum atomic E-state index is -1.00. The molecule has 1 saturated carbocycles. The lowest BCUT2D eigenvalue weighted by Gasteiger charge is -2.49. The van der Waals surface area contributed by atoms with Crippen LogP contribution in [0.4, 0.5) is 11.4 Å². The Morgan fingerprint density at radius 2 is 2.06 bits per heavy atom. The summed E-state index contributed by atoms with van der Waals surface area (Å²) in [6.07, 6.45) is 8.77. The van der Waals surface area contributed by atoms with Gasteiger partial charge in [0.15, 0.2) is 0 Å². The Balaban J connectivity index is 1.36. The van der Waals surface area contributed by atoms with Gasteiger partial charge in [-0.3, -0.25) is 19.7 Å². The number of hydrogen-bond acceptors (Lipinski definition) is 8. The van der Waals surface area contributed by atoms with Gasteiger partial charge in [0.1, 0.15) is 11.0 Å². The molecule has 3 aliphatic rings. The number of aliphatic imine (C=N–C) groups is 1. The van der Waals surface area contributed by atoms with E-state index < -0.39 is 12.0 Å². The average molecular weight is 506 g/mol. The van der Waals surface area contributed by atoms with Gasteiger partial charge >= 0.3 is 5.97 Å². The number of piperazine rings is 1. The van der Waals surface area contributed by atoms with Gasteiger partial charge in [0.25, 0.3) is 0 Å². The van der Waals surface area contributed by atoms with Crippen molar-refractivity contribution < 1.29 is 14.7 Å². The summed E-state index contributed by atoms with van der Waals surface area (Å²) in [6, 6.07) is 7.34. The van der Waals surface area contributed by atoms with E-state index in [2.05, 4.69) is 25.7 Å². The summed E-state index contributed by atoms with van der Waals surface area (Å²) in [4.78, 5) is 34.3. The zero-order chi connectivity index (χ0) is 24.8. The van der Waals surface area contributed by atoms with Crippen LogP contribution >= 0.6 is 11.3 Å². The van der Waals surface area contributed by atoms with E-state index in [1.807, 2.05) is 31.3 Å². The van der Waals surface area contributed by atoms with Crippen LogP contribution < -0.4 is 15.5 Å². The van der Waals surface area contributed by atoms with E-state index in [4.69, 9.17) is 4.99 Å². The van der Waals surface area contributed by atoms with Gasteiger partial charge in [-0.1, -0.05) is 19.3 Å². The number of carbonyl (C=O) groups excluding carboxylic acids is 1. The molecule has 2 atom stereocenters. The number of carbonyl (C=O) groups is 2. The summed E-state index contributed by atoms with van der Waals surface area (Å²) in [5.74, 6) is -0.485. The van der Waals surface area contributed by atoms with Crippen LogP contribution in [0.25, 0.3) is 10.9 Å². The van der Waals surface area contributed by atoms with E-state index in [1.165, 1.54) is 6.42 Å². The van der Waals surface area contributed by atoms with Crippen molar-refractivity contribution in [2.45, 2.75) is 57.3 Å². The molecule has 4 heterocycles. The Morgan fingerprint density at radius 3 is 2.83 bits per heavy atom. The van der Waals surface area contributed by atoms with E-state index in [1.54, 1.807) is 22.5 Å². The highest BCUT2D eigenvalue weighted by Gasteiger charge is 2.47. The van der Waals surface area contributed by atoms with Crippen molar-refractivity contribution >= 4 is 51.5 Å². The van der Waals surface area contributed by atoms with E-state index in [0.717, 1.165) is 53.6 Å². The van der Waals surface area contributed by atoms with Crippen LogP contribution in [0, 0.1) is 0 Å². The van der Waals surface area contributed by atoms with E-state index in [-0.39, 0.29) is 23.0 Å². The van der Waals surface area contributed by atoms with E-state index in [9.17, 15) is 14.7 Å². The summed E-state index contributed by atoms with van der Waals surface area (Å²) in [7, 11) is 0. The van der Waals surface area contributed by atoms with E-state index >= 15 is 0 Å². The maximum Gasteiger partial charge on any atom is 0.345 e. The predicted octanol–water partition coefficient (Wildman–Crippen LogP) is 3.93. The number of thiophene rings is 1. The summed E-state index contributed by atoms with van der Waals surface area (Å²) in [6.45, 7) is 1.93. The fraction of sp³-hybridized carbons (Fsp3) is 0.360. The SMILES string of the molecule is C[C@@H]1C(=O)N(c2csc(C(=O)O)c2)C2=CNC(Nc3ccc4[nH]ncc4c3)=NC2N1C1CCCCC1. The highest BCUT2D eigenvalue weighted by molar-refractivity contribution is 7.12. The lowest BCUT2D eigenvalue weighted by Crippen LogP contribution is -2.63. The Labute approximate surface area is 211 Å². The molecule has 1 saturated heterocycles. The molecule has 1 aliphatic carbocycles. The second kappa shape index (κ2) is 9.07. The first-order valence-corrected chi connectivity index (χ1v) is 13.1. The number of aromatic amines is 1. The zero-order valence-corrected chi connectivity index (χ0v) is 20.6. The molecule has 2 aromatic heterocycles. The van der Waals surface area contributed by atoms with Crippen molar-refractivity contribution in [1.29, 1.82) is 0 Å². The van der Waals surface area contributed by atoms with Crippen LogP contribution in [-0.4, -0.2) is 56.3 Å². The first-order valence-electron chi connectivity index (χ1n) is 12.2. The number of guanidine groups is 1. The number of fused-ring (bicyclic) bond motifs is 2. The first kappa shape index (κ1) is 22.7. The fourth-order valence-corrected chi connectivity index (χ4v) is 6.16. The molecule has 2 fully saturated rings. The van der Waals surface area contributed by atoms with Gasteiger partial charge in [-0.05, 0) is 44.0 Å². The lowest BCUT2D eigenvalue weighted by atomic mass is 9.91. The maximum atomic E-state index is 13.7. The Hall–Kier alpha value is -3.70. The van der Waals surface area contributed by atoms with Crippen LogP contribution in [0.1, 0.15) is 48.7 Å². The number of amides is 1. The molecule has 0 spiro atoms. The summed E-state index contributed by atoms with van der Waals surface area (Å²) >= 11 is 1.12. The second-order valence-corrected chi connectivity index (χ2v) is 10.3. The van der Waals surface area contributed by atoms with Crippen LogP contribution in [-0.2, 0) is 4.79 Å². The van der Waals surface area contributed by atoms with Crippen molar-refractivity contribution in [3.05, 3.63) is 52.6 Å². The van der Waals surface area contributed by atoms with Crippen LogP contribution in [0.2, 0.25) is 0 Å². The fourth-order valence-electron chi connectivity index (χ4n) is 5.45. The number of carboxylic acid groups (broad SMARTS) is 1. The number of hydrogen-bond donors (Lipinski definition) is 4. The second-order valence-electron chi connectivity index (χ2n) is 9.42. The molecule has 10 nitrogen and oxygen atoms in total. The maximum absolute atomic E-state index is 13.7. The van der Waals surface area contributed by atoms with Gasteiger partial charge in [-0.15, -0.1) is 11.3 Å². The Kier molecular flexibility index (Phi) is 5.73. The summed E-state index contributed by atoms with van der Waals surface area (Å²) in [5.41, 5.74) is 3.09. The Morgan fingerprint density at radius 1 is 1.22 bits per heavy atom. The number of H-pyrrole nitrogens is 1. The van der Waals surface area contributed by atoms with Gasteiger partial charge in [-0.2, -0.15) is 5.10 Å². The van der Waals surface area contributed by atoms with Crippen molar-refractivity contribution in [3.63, 3.8) is 0 Å². The quantitative estimate of drug-likeness (QED) is 0.423. The monoisotopic (exact) mass is 505 g/mol. The number of rotatable bonds is 4. The molecule has 3 aromatic rings. The molecule has 1 unspecified atom stereocenters. The number of nitrogens with zero attached hydrogens (tertiary/aromatic N) is 4. The molecule has 1 aromatic carbocycles. The molecule has 1 amide bonds. The smallest absolute Gasteiger partial charge is 0.345 e. The molecule has 0 bridgehead atoms. The van der Waals surface area contributed by atoms with Gasteiger partial charge < -0.3 is 15.7 Å². The molecule has 0 radical (unpaired) electrons. The minimum Gasteiger partial charge on any atom is -0.477 e. The first-order chi connectivity index (χ1) is 17.5. The molecular weight excluding hydrogens is 478 g/mol. The van der Waals surface area contributed by atoms with Crippen molar-refractivity contribution in [3.8, 4) is 0 Å². The van der Waals surface area contributed by atoms with Crippen molar-refractivity contribution in [2.24, 2.45) is 4.99 Å². The highest BCUT2D eigenvalue weighted by atomic mass is 32.1. The van der Waals surface area contributed by atoms with Crippen molar-refractivity contribution in [2.75, 3.05) is 10.2 Å². The molecule has 186 valence electrons. The highest BCUT2D eigenvalue weighted by Crippen LogP contribution is 2.38. The molecule has 4 N–H and O–H groups in total. The zero-order valence-electron chi connectivity index (χ0n) is 19.8. The minimum absolute atomic E-state index is 0.0726. The predicted molar refractivity (Wildman–Crippen MR) is 139 cm³/mol. The molecular formula is C25H27N7O3S. The number of aromatic nitrogens is 2. The molecule has 36 heavy (non-hydrogen) atoms. The normalized spacial score (nSPS) is 23.1. The number of carboxylic acids is 1. The van der Waals surface area contributed by atoms with Crippen LogP contribution in [0.3, 0.4) is 0 Å². The van der Waals surface area contributed by atoms with Gasteiger partial charge in [0, 0.05) is 28.7 Å². The van der Waals surface area contributed by atoms with Crippen molar-refractivity contribution in [1.82, 2.24) is 20.4 Å². The summed E-state index contributed by atoms with van der Waals surface area (Å²) < 4.78 is 0. The van der Waals surface area contributed by atoms with E-state index in [0.29, 0.717) is 17.3 Å². The third-order valence-electron chi connectivity index (χ3n) is 7.19. The largest absolute Gasteiger partial charge is 0.477 e. The topological polar surface area (TPSA) is 126 Å². The Bertz CT molecular complexity index is 1390. The van der Waals surface area contributed by atoms with Gasteiger partial charge in [0.05, 0.1) is 29.1 Å². The number of anilines is 2. The molecule has 6 rings (SSSR count). The van der Waals surface area contributed by atoms with Gasteiger partial charge in [-0.25, -0.2) is 9.79 Å². The lowest BCUT2D eigenvalue weighted by molar-refractivity contribution is -0.127. The standard InChI is InChI=1S/C25H27N7O3S/c1-14-23(33)32(18-10-21(24(34)35)36-13-18)20-12-26-25(28-16-7-8-19-15(9-16)11-27-30-19)29-22(20)31(14)17-5-3-2-4-6-17/h7-14,17,22H,2-6H2,1H3,(H,27,30)(H,34,35)(H2,26,28,29)/t14-,22?/m1/s1. The third-order valence-corrected chi connectivity index (χ3v) is 8.10. The summed E-state index contributed by atoms with van der Waals surface area (Å²) in [5, 5.41) is 25.8. The van der Waals surface area contributed by atoms with Crippen LogP contribution in [0.5, 0.6) is 0 Å². The number of nitrogens with one attached hydrogen (secondary N) is 3. The average Bonchev–Trinajstić information content (AvgIpc) is 3.55. The molecule has 11 heteroatoms.